The Balaban J connectivity index is 1.34. The maximum Gasteiger partial charge on any atom is 0.456 e. The number of carbonyl (C=O) groups is 2. The predicted molar refractivity (Wildman–Crippen MR) is 153 cm³/mol. The third kappa shape index (κ3) is 4.80. The Hall–Kier alpha value is -3.40. The average Bonchev–Trinajstić information content (AvgIpc) is 3.27. The third-order valence-corrected chi connectivity index (χ3v) is 10.7. The van der Waals surface area contributed by atoms with Crippen molar-refractivity contribution in [1.82, 2.24) is 10.3 Å². The van der Waals surface area contributed by atoms with Gasteiger partial charge in [-0.15, -0.1) is 0 Å². The molecule has 1 aromatic heterocycles. The van der Waals surface area contributed by atoms with Crippen LogP contribution in [0.1, 0.15) is 79.4 Å². The Morgan fingerprint density at radius 1 is 1.05 bits per heavy atom. The van der Waals surface area contributed by atoms with Crippen molar-refractivity contribution in [3.63, 3.8) is 0 Å². The molecule has 2 aromatic rings. The molecule has 5 atom stereocenters. The summed E-state index contributed by atoms with van der Waals surface area (Å²) in [5.74, 6) is -6.98. The summed E-state index contributed by atoms with van der Waals surface area (Å²) in [4.78, 5) is 29.3. The molecule has 2 saturated carbocycles. The zero-order chi connectivity index (χ0) is 31.5. The Kier molecular flexibility index (Phi) is 7.58. The second-order valence-corrected chi connectivity index (χ2v) is 12.9. The monoisotopic (exact) mass is 614 g/mol. The lowest BCUT2D eigenvalue weighted by Gasteiger charge is -2.56. The molecule has 2 unspecified atom stereocenters. The van der Waals surface area contributed by atoms with Crippen LogP contribution in [0.2, 0.25) is 0 Å². The number of rotatable bonds is 6. The number of aromatic nitrogens is 1. The van der Waals surface area contributed by atoms with Crippen molar-refractivity contribution in [2.75, 3.05) is 6.54 Å². The lowest BCUT2D eigenvalue weighted by atomic mass is 9.50. The number of allylic oxidation sites excluding steroid dienone is 4. The van der Waals surface area contributed by atoms with E-state index in [4.69, 9.17) is 0 Å². The minimum atomic E-state index is -5.90. The lowest BCUT2D eigenvalue weighted by molar-refractivity contribution is -0.362. The molecule has 44 heavy (non-hydrogen) atoms. The van der Waals surface area contributed by atoms with E-state index in [1.54, 1.807) is 36.5 Å². The van der Waals surface area contributed by atoms with Gasteiger partial charge in [-0.25, -0.2) is 0 Å². The van der Waals surface area contributed by atoms with E-state index in [9.17, 15) is 27.9 Å². The van der Waals surface area contributed by atoms with E-state index < -0.39 is 41.4 Å². The summed E-state index contributed by atoms with van der Waals surface area (Å²) >= 11 is 0. The van der Waals surface area contributed by atoms with Gasteiger partial charge in [0.1, 0.15) is 5.60 Å². The van der Waals surface area contributed by atoms with Crippen molar-refractivity contribution in [2.24, 2.45) is 17.3 Å². The Morgan fingerprint density at radius 2 is 1.80 bits per heavy atom. The van der Waals surface area contributed by atoms with Crippen LogP contribution in [0.3, 0.4) is 0 Å². The second kappa shape index (κ2) is 10.9. The van der Waals surface area contributed by atoms with Crippen molar-refractivity contribution in [3.8, 4) is 0 Å². The summed E-state index contributed by atoms with van der Waals surface area (Å²) < 4.78 is 71.7. The SMILES string of the molecule is C[C@]12C[C@H](c3ccc(C(=O)NCCc4ccccn4)cc3)C3=C4CCC(=O)C=C4CCC3C1CC[C@]2(O)C(F)(F)C(F)(F)F. The van der Waals surface area contributed by atoms with E-state index in [-0.39, 0.29) is 30.4 Å². The number of nitrogens with zero attached hydrogens (tertiary/aromatic N) is 1. The molecule has 5 nitrogen and oxygen atoms in total. The molecule has 1 heterocycles. The number of hydrogen-bond acceptors (Lipinski definition) is 4. The molecule has 1 amide bonds. The number of aliphatic hydroxyl groups is 1. The highest BCUT2D eigenvalue weighted by Gasteiger charge is 2.79. The molecule has 4 aliphatic carbocycles. The lowest BCUT2D eigenvalue weighted by Crippen LogP contribution is -2.65. The molecule has 6 rings (SSSR count). The van der Waals surface area contributed by atoms with Crippen LogP contribution in [0.15, 0.2) is 71.5 Å². The van der Waals surface area contributed by atoms with Gasteiger partial charge in [0.15, 0.2) is 5.78 Å². The van der Waals surface area contributed by atoms with Crippen LogP contribution in [0, 0.1) is 17.3 Å². The zero-order valence-electron chi connectivity index (χ0n) is 24.4. The Morgan fingerprint density at radius 3 is 2.48 bits per heavy atom. The van der Waals surface area contributed by atoms with Gasteiger partial charge < -0.3 is 10.4 Å². The summed E-state index contributed by atoms with van der Waals surface area (Å²) in [7, 11) is 0. The van der Waals surface area contributed by atoms with Crippen LogP contribution in [-0.4, -0.2) is 46.0 Å². The van der Waals surface area contributed by atoms with E-state index in [0.29, 0.717) is 49.8 Å². The van der Waals surface area contributed by atoms with Gasteiger partial charge >= 0.3 is 12.1 Å². The molecule has 0 radical (unpaired) electrons. The van der Waals surface area contributed by atoms with Gasteiger partial charge in [0.05, 0.1) is 0 Å². The number of benzene rings is 1. The van der Waals surface area contributed by atoms with E-state index in [0.717, 1.165) is 22.4 Å². The van der Waals surface area contributed by atoms with E-state index in [1.165, 1.54) is 6.92 Å². The number of alkyl halides is 5. The third-order valence-electron chi connectivity index (χ3n) is 10.7. The number of pyridine rings is 1. The summed E-state index contributed by atoms with van der Waals surface area (Å²) in [6, 6.07) is 12.3. The molecular weight excluding hydrogens is 579 g/mol. The first-order chi connectivity index (χ1) is 20.8. The second-order valence-electron chi connectivity index (χ2n) is 12.9. The highest BCUT2D eigenvalue weighted by atomic mass is 19.4. The van der Waals surface area contributed by atoms with Crippen molar-refractivity contribution >= 4 is 11.7 Å². The number of fused-ring (bicyclic) bond motifs is 4. The molecule has 4 aliphatic rings. The van der Waals surface area contributed by atoms with E-state index >= 15 is 8.78 Å². The molecule has 0 spiro atoms. The first-order valence-corrected chi connectivity index (χ1v) is 15.2. The molecular formula is C34H35F5N2O3. The highest BCUT2D eigenvalue weighted by molar-refractivity contribution is 5.94. The van der Waals surface area contributed by atoms with Crippen molar-refractivity contribution in [2.45, 2.75) is 81.9 Å². The molecule has 0 saturated heterocycles. The first-order valence-electron chi connectivity index (χ1n) is 15.2. The quantitative estimate of drug-likeness (QED) is 0.348. The van der Waals surface area contributed by atoms with Crippen molar-refractivity contribution in [3.05, 3.63) is 88.3 Å². The van der Waals surface area contributed by atoms with Gasteiger partial charge in [-0.05, 0) is 97.4 Å². The van der Waals surface area contributed by atoms with Crippen LogP contribution < -0.4 is 5.32 Å². The van der Waals surface area contributed by atoms with Gasteiger partial charge in [-0.1, -0.05) is 30.7 Å². The van der Waals surface area contributed by atoms with Crippen LogP contribution in [0.5, 0.6) is 0 Å². The standard InChI is InChI=1S/C34H35F5N2O3/c1-31-19-27(20-5-7-21(8-6-20)30(43)41-17-14-23-4-2-3-16-40-23)29-25-12-10-24(42)18-22(25)9-11-26(29)28(31)13-15-32(31,44)33(35,36)34(37,38)39/h2-8,16,18,26-28,44H,9-15,17,19H2,1H3,(H,41,43)/t26?,27-,28?,31+,32-/m1/s1. The number of hydrogen-bond donors (Lipinski definition) is 2. The highest BCUT2D eigenvalue weighted by Crippen LogP contribution is 2.70. The van der Waals surface area contributed by atoms with Gasteiger partial charge in [0.25, 0.3) is 5.91 Å². The fourth-order valence-corrected chi connectivity index (χ4v) is 8.53. The number of halogens is 5. The summed E-state index contributed by atoms with van der Waals surface area (Å²) in [6.07, 6.45) is -0.849. The topological polar surface area (TPSA) is 79.3 Å². The van der Waals surface area contributed by atoms with E-state index in [2.05, 4.69) is 10.3 Å². The summed E-state index contributed by atoms with van der Waals surface area (Å²) in [6.45, 7) is 1.77. The molecule has 0 bridgehead atoms. The Bertz CT molecular complexity index is 1520. The van der Waals surface area contributed by atoms with Crippen molar-refractivity contribution < 1.29 is 36.6 Å². The fraction of sp³-hybridized carbons (Fsp3) is 0.500. The smallest absolute Gasteiger partial charge is 0.383 e. The van der Waals surface area contributed by atoms with Gasteiger partial charge in [-0.3, -0.25) is 14.6 Å². The van der Waals surface area contributed by atoms with Gasteiger partial charge in [0.2, 0.25) is 0 Å². The molecule has 1 aromatic carbocycles. The molecule has 0 aliphatic heterocycles. The maximum atomic E-state index is 15.2. The molecule has 10 heteroatoms. The largest absolute Gasteiger partial charge is 0.456 e. The van der Waals surface area contributed by atoms with E-state index in [1.807, 2.05) is 18.2 Å². The normalized spacial score (nSPS) is 30.3. The predicted octanol–water partition coefficient (Wildman–Crippen LogP) is 6.88. The molecule has 2 N–H and O–H groups in total. The average molecular weight is 615 g/mol. The minimum Gasteiger partial charge on any atom is -0.383 e. The van der Waals surface area contributed by atoms with Crippen LogP contribution in [0.25, 0.3) is 0 Å². The number of carbonyl (C=O) groups excluding carboxylic acids is 2. The van der Waals surface area contributed by atoms with Crippen LogP contribution >= 0.6 is 0 Å². The molecule has 2 fully saturated rings. The Labute approximate surface area is 252 Å². The van der Waals surface area contributed by atoms with Gasteiger partial charge in [-0.2, -0.15) is 22.0 Å². The summed E-state index contributed by atoms with van der Waals surface area (Å²) in [5, 5.41) is 14.3. The minimum absolute atomic E-state index is 0.0264. The van der Waals surface area contributed by atoms with Crippen LogP contribution in [0.4, 0.5) is 22.0 Å². The number of amides is 1. The zero-order valence-corrected chi connectivity index (χ0v) is 24.4. The number of ketones is 1. The fourth-order valence-electron chi connectivity index (χ4n) is 8.53. The number of nitrogens with one attached hydrogen (secondary N) is 1. The maximum absolute atomic E-state index is 15.2. The van der Waals surface area contributed by atoms with Crippen molar-refractivity contribution in [1.29, 1.82) is 0 Å². The van der Waals surface area contributed by atoms with Gasteiger partial charge in [0, 0.05) is 48.2 Å². The first kappa shape index (κ1) is 30.6. The van der Waals surface area contributed by atoms with Crippen LogP contribution in [-0.2, 0) is 11.2 Å². The summed E-state index contributed by atoms with van der Waals surface area (Å²) in [5.41, 5.74) is -0.167. The molecule has 234 valence electrons.